The van der Waals surface area contributed by atoms with Gasteiger partial charge in [-0.05, 0) is 12.1 Å². The molecule has 1 aromatic carbocycles. The van der Waals surface area contributed by atoms with Gasteiger partial charge in [0.05, 0.1) is 18.7 Å². The van der Waals surface area contributed by atoms with Crippen molar-refractivity contribution >= 4 is 34.0 Å². The Morgan fingerprint density at radius 2 is 1.96 bits per heavy atom. The predicted molar refractivity (Wildman–Crippen MR) is 83.2 cm³/mol. The number of nitrogens with two attached hydrogens (primary N) is 1. The van der Waals surface area contributed by atoms with Crippen molar-refractivity contribution in [2.24, 2.45) is 5.73 Å². The average molecular weight is 372 g/mol. The summed E-state index contributed by atoms with van der Waals surface area (Å²) in [5.74, 6) is -3.35. The third kappa shape index (κ3) is 3.31. The number of benzene rings is 1. The Kier molecular flexibility index (Phi) is 4.65. The van der Waals surface area contributed by atoms with E-state index in [-0.39, 0.29) is 36.4 Å². The van der Waals surface area contributed by atoms with Gasteiger partial charge in [0.1, 0.15) is 17.4 Å². The molecule has 0 saturated carbocycles. The van der Waals surface area contributed by atoms with Gasteiger partial charge in [-0.25, -0.2) is 18.4 Å². The van der Waals surface area contributed by atoms with Crippen LogP contribution in [0.5, 0.6) is 0 Å². The first-order chi connectivity index (χ1) is 11.8. The molecule has 2 fully saturated rings. The fourth-order valence-electron chi connectivity index (χ4n) is 2.94. The Morgan fingerprint density at radius 1 is 1.32 bits per heavy atom. The van der Waals surface area contributed by atoms with Gasteiger partial charge in [-0.15, -0.1) is 0 Å². The minimum absolute atomic E-state index is 0.0584. The maximum atomic E-state index is 14.5. The molecular weight excluding hydrogens is 358 g/mol. The summed E-state index contributed by atoms with van der Waals surface area (Å²) < 4.78 is 45.0. The highest BCUT2D eigenvalue weighted by Crippen LogP contribution is 2.36. The van der Waals surface area contributed by atoms with Crippen molar-refractivity contribution in [2.75, 3.05) is 17.2 Å². The number of hydrogen-bond acceptors (Lipinski definition) is 5. The zero-order chi connectivity index (χ0) is 18.3. The monoisotopic (exact) mass is 372 g/mol. The Balaban J connectivity index is 1.87. The number of carbonyl (C=O) groups is 3. The molecule has 1 aromatic rings. The first-order valence-electron chi connectivity index (χ1n) is 7.45. The second kappa shape index (κ2) is 6.60. The summed E-state index contributed by atoms with van der Waals surface area (Å²) in [6.45, 7) is -0.243. The minimum atomic E-state index is -1.61. The maximum Gasteiger partial charge on any atom is 0.415 e. The van der Waals surface area contributed by atoms with Crippen LogP contribution >= 0.6 is 0 Å². The largest absolute Gasteiger partial charge is 0.609 e. The van der Waals surface area contributed by atoms with Crippen LogP contribution in [-0.4, -0.2) is 40.1 Å². The topological polar surface area (TPSA) is 113 Å². The van der Waals surface area contributed by atoms with Crippen LogP contribution in [0, 0.1) is 11.6 Å². The zero-order valence-electron chi connectivity index (χ0n) is 12.9. The van der Waals surface area contributed by atoms with Crippen LogP contribution in [-0.2, 0) is 25.5 Å². The average Bonchev–Trinajstić information content (AvgIpc) is 2.92. The number of primary amides is 1. The molecule has 2 N–H and O–H groups in total. The normalized spacial score (nSPS) is 26.7. The zero-order valence-corrected chi connectivity index (χ0v) is 13.7. The summed E-state index contributed by atoms with van der Waals surface area (Å²) in [5.41, 5.74) is 4.67. The van der Waals surface area contributed by atoms with Crippen molar-refractivity contribution in [3.8, 4) is 0 Å². The number of amides is 2. The lowest BCUT2D eigenvalue weighted by Crippen LogP contribution is -2.32. The van der Waals surface area contributed by atoms with Gasteiger partial charge in [0.2, 0.25) is 0 Å². The SMILES string of the molecule is NC(=O)[C@H]1CN(c2cc(F)c([C@@H]3CC[S@+]([O-])C(=O)C3)c(F)c2)C(=O)O1. The molecule has 7 nitrogen and oxygen atoms in total. The summed E-state index contributed by atoms with van der Waals surface area (Å²) in [6, 6.07) is 1.89. The Labute approximate surface area is 144 Å². The molecule has 0 unspecified atom stereocenters. The van der Waals surface area contributed by atoms with Gasteiger partial charge in [-0.3, -0.25) is 9.69 Å². The number of anilines is 1. The number of cyclic esters (lactones) is 1. The molecule has 10 heteroatoms. The van der Waals surface area contributed by atoms with Gasteiger partial charge < -0.3 is 15.0 Å². The number of rotatable bonds is 3. The standard InChI is InChI=1S/C15H14F2N2O5S/c16-9-4-8(19-6-11(14(18)21)24-15(19)22)5-10(17)13(9)7-1-2-25(23)12(20)3-7/h4-5,7,11H,1-3,6H2,(H2,18,21)/t7-,11-,25+/m1/s1. The Bertz CT molecular complexity index is 736. The number of ether oxygens (including phenoxy) is 1. The van der Waals surface area contributed by atoms with Gasteiger partial charge in [-0.2, -0.15) is 0 Å². The number of hydrogen-bond donors (Lipinski definition) is 1. The van der Waals surface area contributed by atoms with Gasteiger partial charge in [0, 0.05) is 29.1 Å². The molecule has 0 radical (unpaired) electrons. The van der Waals surface area contributed by atoms with E-state index in [9.17, 15) is 27.7 Å². The van der Waals surface area contributed by atoms with E-state index in [0.29, 0.717) is 0 Å². The highest BCUT2D eigenvalue weighted by molar-refractivity contribution is 8.06. The van der Waals surface area contributed by atoms with Crippen LogP contribution < -0.4 is 10.6 Å². The maximum absolute atomic E-state index is 14.5. The summed E-state index contributed by atoms with van der Waals surface area (Å²) in [6.07, 6.45) is -2.10. The smallest absolute Gasteiger partial charge is 0.415 e. The van der Waals surface area contributed by atoms with Crippen LogP contribution in [0.3, 0.4) is 0 Å². The van der Waals surface area contributed by atoms with E-state index in [4.69, 9.17) is 10.5 Å². The number of nitrogens with zero attached hydrogens (tertiary/aromatic N) is 1. The fraction of sp³-hybridized carbons (Fsp3) is 0.400. The van der Waals surface area contributed by atoms with Gasteiger partial charge in [0.15, 0.2) is 6.10 Å². The van der Waals surface area contributed by atoms with Crippen molar-refractivity contribution in [3.05, 3.63) is 29.3 Å². The first kappa shape index (κ1) is 17.6. The molecule has 0 bridgehead atoms. The van der Waals surface area contributed by atoms with Crippen molar-refractivity contribution < 1.29 is 32.5 Å². The second-order valence-electron chi connectivity index (χ2n) is 5.82. The lowest BCUT2D eigenvalue weighted by Gasteiger charge is -2.24. The molecule has 3 atom stereocenters. The highest BCUT2D eigenvalue weighted by atomic mass is 32.2. The summed E-state index contributed by atoms with van der Waals surface area (Å²) >= 11 is -1.61. The molecule has 2 aliphatic rings. The Morgan fingerprint density at radius 3 is 2.48 bits per heavy atom. The van der Waals surface area contributed by atoms with Crippen LogP contribution in [0.25, 0.3) is 0 Å². The van der Waals surface area contributed by atoms with E-state index in [1.165, 1.54) is 0 Å². The van der Waals surface area contributed by atoms with Crippen molar-refractivity contribution in [3.63, 3.8) is 0 Å². The molecule has 0 aliphatic carbocycles. The third-order valence-electron chi connectivity index (χ3n) is 4.23. The Hall–Kier alpha value is -2.20. The van der Waals surface area contributed by atoms with Gasteiger partial charge >= 0.3 is 11.2 Å². The lowest BCUT2D eigenvalue weighted by atomic mass is 9.92. The van der Waals surface area contributed by atoms with E-state index < -0.39 is 51.9 Å². The third-order valence-corrected chi connectivity index (χ3v) is 5.51. The molecule has 3 rings (SSSR count). The van der Waals surface area contributed by atoms with E-state index in [1.807, 2.05) is 0 Å². The van der Waals surface area contributed by atoms with Crippen LogP contribution in [0.15, 0.2) is 12.1 Å². The summed E-state index contributed by atoms with van der Waals surface area (Å²) in [4.78, 5) is 35.3. The fourth-order valence-corrected chi connectivity index (χ4v) is 4.06. The summed E-state index contributed by atoms with van der Waals surface area (Å²) in [7, 11) is 0. The molecule has 2 amide bonds. The van der Waals surface area contributed by atoms with Crippen LogP contribution in [0.2, 0.25) is 0 Å². The molecule has 2 saturated heterocycles. The number of carbonyl (C=O) groups excluding carboxylic acids is 3. The molecule has 2 aliphatic heterocycles. The second-order valence-corrected chi connectivity index (χ2v) is 7.37. The minimum Gasteiger partial charge on any atom is -0.609 e. The molecule has 0 spiro atoms. The van der Waals surface area contributed by atoms with E-state index >= 15 is 0 Å². The van der Waals surface area contributed by atoms with Gasteiger partial charge in [-0.1, -0.05) is 0 Å². The van der Waals surface area contributed by atoms with Gasteiger partial charge in [0.25, 0.3) is 5.91 Å². The van der Waals surface area contributed by atoms with Crippen molar-refractivity contribution in [1.29, 1.82) is 0 Å². The van der Waals surface area contributed by atoms with E-state index in [2.05, 4.69) is 0 Å². The van der Waals surface area contributed by atoms with E-state index in [1.54, 1.807) is 0 Å². The van der Waals surface area contributed by atoms with Crippen molar-refractivity contribution in [1.82, 2.24) is 0 Å². The number of halogens is 2. The molecule has 25 heavy (non-hydrogen) atoms. The summed E-state index contributed by atoms with van der Waals surface area (Å²) in [5, 5.41) is -0.536. The van der Waals surface area contributed by atoms with E-state index in [0.717, 1.165) is 17.0 Å². The molecule has 134 valence electrons. The molecule has 2 heterocycles. The quantitative estimate of drug-likeness (QED) is 0.793. The molecular formula is C15H14F2N2O5S. The highest BCUT2D eigenvalue weighted by Gasteiger charge is 2.38. The van der Waals surface area contributed by atoms with Crippen LogP contribution in [0.4, 0.5) is 19.3 Å². The molecule has 0 aromatic heterocycles. The lowest BCUT2D eigenvalue weighted by molar-refractivity contribution is -0.124. The van der Waals surface area contributed by atoms with Crippen molar-refractivity contribution in [2.45, 2.75) is 24.9 Å². The first-order valence-corrected chi connectivity index (χ1v) is 8.77. The van der Waals surface area contributed by atoms with Crippen LogP contribution in [0.1, 0.15) is 24.3 Å². The predicted octanol–water partition coefficient (Wildman–Crippen LogP) is 0.928.